The van der Waals surface area contributed by atoms with E-state index < -0.39 is 0 Å². The molecule has 0 spiro atoms. The van der Waals surface area contributed by atoms with E-state index in [2.05, 4.69) is 32.8 Å². The fourth-order valence-corrected chi connectivity index (χ4v) is 2.97. The van der Waals surface area contributed by atoms with E-state index in [1.165, 1.54) is 0 Å². The second-order valence-electron chi connectivity index (χ2n) is 7.28. The number of nitrogens with zero attached hydrogens (tertiary/aromatic N) is 4. The van der Waals surface area contributed by atoms with E-state index in [9.17, 15) is 4.79 Å². The van der Waals surface area contributed by atoms with Crippen molar-refractivity contribution in [2.24, 2.45) is 0 Å². The molecule has 138 valence electrons. The minimum absolute atomic E-state index is 0.0634. The lowest BCUT2D eigenvalue weighted by Crippen LogP contribution is -2.29. The second-order valence-corrected chi connectivity index (χ2v) is 7.28. The van der Waals surface area contributed by atoms with Crippen LogP contribution in [0, 0.1) is 0 Å². The molecule has 6 nitrogen and oxygen atoms in total. The van der Waals surface area contributed by atoms with Crippen LogP contribution in [0.1, 0.15) is 74.4 Å². The summed E-state index contributed by atoms with van der Waals surface area (Å²) in [7, 11) is 1.80. The Morgan fingerprint density at radius 2 is 1.96 bits per heavy atom. The third-order valence-electron chi connectivity index (χ3n) is 4.75. The highest BCUT2D eigenvalue weighted by molar-refractivity contribution is 6.05. The number of aromatic nitrogens is 3. The lowest BCUT2D eigenvalue weighted by atomic mass is 10.0. The van der Waals surface area contributed by atoms with Crippen molar-refractivity contribution < 1.29 is 9.21 Å². The van der Waals surface area contributed by atoms with Gasteiger partial charge >= 0.3 is 0 Å². The molecule has 0 aliphatic carbocycles. The van der Waals surface area contributed by atoms with Gasteiger partial charge in [-0.15, -0.1) is 0 Å². The van der Waals surface area contributed by atoms with E-state index in [-0.39, 0.29) is 23.9 Å². The van der Waals surface area contributed by atoms with Gasteiger partial charge in [0.15, 0.2) is 5.65 Å². The summed E-state index contributed by atoms with van der Waals surface area (Å²) < 4.78 is 7.33. The lowest BCUT2D eigenvalue weighted by molar-refractivity contribution is 0.0728. The third-order valence-corrected chi connectivity index (χ3v) is 4.75. The molecule has 0 aliphatic rings. The zero-order chi connectivity index (χ0) is 19.0. The predicted octanol–water partition coefficient (Wildman–Crippen LogP) is 4.56. The zero-order valence-corrected chi connectivity index (χ0v) is 16.2. The van der Waals surface area contributed by atoms with E-state index in [0.29, 0.717) is 5.56 Å². The maximum Gasteiger partial charge on any atom is 0.255 e. The summed E-state index contributed by atoms with van der Waals surface area (Å²) in [6, 6.07) is 5.62. The van der Waals surface area contributed by atoms with Crippen LogP contribution in [-0.2, 0) is 0 Å². The maximum absolute atomic E-state index is 13.3. The normalized spacial score (nSPS) is 12.9. The molecule has 1 atom stereocenters. The minimum atomic E-state index is -0.164. The van der Waals surface area contributed by atoms with Crippen LogP contribution in [-0.4, -0.2) is 32.6 Å². The van der Waals surface area contributed by atoms with Gasteiger partial charge in [-0.2, -0.15) is 5.10 Å². The standard InChI is InChI=1S/C20H26N4O2/c1-12(2)17-10-15(16-11-21-24(13(3)4)19(16)22-17)20(25)23(6)14(5)18-8-7-9-26-18/h7-14H,1-6H3. The van der Waals surface area contributed by atoms with E-state index in [4.69, 9.17) is 9.40 Å². The van der Waals surface area contributed by atoms with Crippen LogP contribution >= 0.6 is 0 Å². The van der Waals surface area contributed by atoms with Crippen molar-refractivity contribution in [3.05, 3.63) is 47.7 Å². The average Bonchev–Trinajstić information content (AvgIpc) is 3.28. The minimum Gasteiger partial charge on any atom is -0.467 e. The molecule has 0 saturated carbocycles. The van der Waals surface area contributed by atoms with Crippen LogP contribution in [0.5, 0.6) is 0 Å². The number of hydrogen-bond acceptors (Lipinski definition) is 4. The molecule has 1 unspecified atom stereocenters. The second kappa shape index (κ2) is 6.94. The predicted molar refractivity (Wildman–Crippen MR) is 101 cm³/mol. The first kappa shape index (κ1) is 18.2. The van der Waals surface area contributed by atoms with Crippen LogP contribution in [0.2, 0.25) is 0 Å². The van der Waals surface area contributed by atoms with Gasteiger partial charge in [0, 0.05) is 18.8 Å². The summed E-state index contributed by atoms with van der Waals surface area (Å²) >= 11 is 0. The molecular weight excluding hydrogens is 328 g/mol. The van der Waals surface area contributed by atoms with Crippen molar-refractivity contribution in [2.45, 2.75) is 52.6 Å². The summed E-state index contributed by atoms with van der Waals surface area (Å²) in [5, 5.41) is 5.24. The number of fused-ring (bicyclic) bond motifs is 1. The fourth-order valence-electron chi connectivity index (χ4n) is 2.97. The third kappa shape index (κ3) is 3.11. The number of furan rings is 1. The van der Waals surface area contributed by atoms with Crippen molar-refractivity contribution in [2.75, 3.05) is 7.05 Å². The van der Waals surface area contributed by atoms with Crippen molar-refractivity contribution in [1.29, 1.82) is 0 Å². The van der Waals surface area contributed by atoms with Gasteiger partial charge in [-0.1, -0.05) is 13.8 Å². The van der Waals surface area contributed by atoms with Crippen LogP contribution in [0.4, 0.5) is 0 Å². The monoisotopic (exact) mass is 354 g/mol. The number of amides is 1. The molecule has 6 heteroatoms. The van der Waals surface area contributed by atoms with Crippen molar-refractivity contribution >= 4 is 16.9 Å². The first-order valence-electron chi connectivity index (χ1n) is 9.00. The van der Waals surface area contributed by atoms with Gasteiger partial charge in [0.1, 0.15) is 5.76 Å². The topological polar surface area (TPSA) is 64.2 Å². The van der Waals surface area contributed by atoms with Gasteiger partial charge < -0.3 is 9.32 Å². The highest BCUT2D eigenvalue weighted by atomic mass is 16.3. The molecule has 3 aromatic rings. The van der Waals surface area contributed by atoms with Gasteiger partial charge in [0.25, 0.3) is 5.91 Å². The fraction of sp³-hybridized carbons (Fsp3) is 0.450. The first-order chi connectivity index (χ1) is 12.3. The number of carbonyl (C=O) groups is 1. The highest BCUT2D eigenvalue weighted by Gasteiger charge is 2.25. The Balaban J connectivity index is 2.09. The number of hydrogen-bond donors (Lipinski definition) is 0. The maximum atomic E-state index is 13.3. The van der Waals surface area contributed by atoms with E-state index in [1.54, 1.807) is 24.4 Å². The Morgan fingerprint density at radius 1 is 1.23 bits per heavy atom. The van der Waals surface area contributed by atoms with Gasteiger partial charge in [-0.05, 0) is 44.9 Å². The lowest BCUT2D eigenvalue weighted by Gasteiger charge is -2.24. The van der Waals surface area contributed by atoms with Crippen LogP contribution < -0.4 is 0 Å². The molecule has 3 aromatic heterocycles. The molecule has 0 N–H and O–H groups in total. The quantitative estimate of drug-likeness (QED) is 0.674. The molecule has 0 radical (unpaired) electrons. The number of pyridine rings is 1. The van der Waals surface area contributed by atoms with Crippen LogP contribution in [0.25, 0.3) is 11.0 Å². The Kier molecular flexibility index (Phi) is 4.85. The van der Waals surface area contributed by atoms with Crippen molar-refractivity contribution in [3.8, 4) is 0 Å². The van der Waals surface area contributed by atoms with Crippen molar-refractivity contribution in [1.82, 2.24) is 19.7 Å². The summed E-state index contributed by atoms with van der Waals surface area (Å²) in [6.07, 6.45) is 3.36. The van der Waals surface area contributed by atoms with E-state index in [0.717, 1.165) is 22.5 Å². The van der Waals surface area contributed by atoms with E-state index in [1.807, 2.05) is 29.8 Å². The Bertz CT molecular complexity index is 909. The molecule has 0 fully saturated rings. The SMILES string of the molecule is CC(C)c1cc(C(=O)N(C)C(C)c2ccco2)c2cnn(C(C)C)c2n1. The molecule has 3 heterocycles. The smallest absolute Gasteiger partial charge is 0.255 e. The molecule has 0 aromatic carbocycles. The summed E-state index contributed by atoms with van der Waals surface area (Å²) in [5.41, 5.74) is 2.28. The highest BCUT2D eigenvalue weighted by Crippen LogP contribution is 2.27. The molecular formula is C20H26N4O2. The van der Waals surface area contributed by atoms with E-state index >= 15 is 0 Å². The largest absolute Gasteiger partial charge is 0.467 e. The van der Waals surface area contributed by atoms with Gasteiger partial charge in [-0.25, -0.2) is 9.67 Å². The molecule has 0 bridgehead atoms. The summed E-state index contributed by atoms with van der Waals surface area (Å²) in [6.45, 7) is 10.2. The van der Waals surface area contributed by atoms with Gasteiger partial charge in [0.2, 0.25) is 0 Å². The molecule has 0 aliphatic heterocycles. The first-order valence-corrected chi connectivity index (χ1v) is 9.00. The molecule has 3 rings (SSSR count). The number of carbonyl (C=O) groups excluding carboxylic acids is 1. The molecule has 1 amide bonds. The summed E-state index contributed by atoms with van der Waals surface area (Å²) in [5.74, 6) is 0.911. The number of rotatable bonds is 5. The van der Waals surface area contributed by atoms with Crippen molar-refractivity contribution in [3.63, 3.8) is 0 Å². The average molecular weight is 354 g/mol. The van der Waals surface area contributed by atoms with Gasteiger partial charge in [-0.3, -0.25) is 4.79 Å². The Hall–Kier alpha value is -2.63. The van der Waals surface area contributed by atoms with Gasteiger partial charge in [0.05, 0.1) is 29.5 Å². The molecule has 0 saturated heterocycles. The van der Waals surface area contributed by atoms with Crippen LogP contribution in [0.3, 0.4) is 0 Å². The Morgan fingerprint density at radius 3 is 2.54 bits per heavy atom. The zero-order valence-electron chi connectivity index (χ0n) is 16.2. The van der Waals surface area contributed by atoms with Crippen LogP contribution in [0.15, 0.2) is 35.1 Å². The Labute approximate surface area is 153 Å². The summed E-state index contributed by atoms with van der Waals surface area (Å²) in [4.78, 5) is 19.7. The molecule has 26 heavy (non-hydrogen) atoms.